The summed E-state index contributed by atoms with van der Waals surface area (Å²) in [6, 6.07) is 6.06. The van der Waals surface area contributed by atoms with Gasteiger partial charge in [0.1, 0.15) is 6.54 Å². The molecule has 0 amide bonds. The smallest absolute Gasteiger partial charge is 0.325 e. The van der Waals surface area contributed by atoms with Gasteiger partial charge in [0.15, 0.2) is 0 Å². The van der Waals surface area contributed by atoms with Crippen molar-refractivity contribution in [1.82, 2.24) is 4.57 Å². The number of hydrogen-bond acceptors (Lipinski definition) is 3. The molecule has 0 fully saturated rings. The summed E-state index contributed by atoms with van der Waals surface area (Å²) in [5, 5.41) is 2.03. The number of methoxy groups -OCH3 is 1. The Bertz CT molecular complexity index is 445. The molecule has 0 aliphatic heterocycles. The van der Waals surface area contributed by atoms with Crippen LogP contribution in [0.4, 0.5) is 0 Å². The Morgan fingerprint density at radius 3 is 3.07 bits per heavy atom. The third-order valence-electron chi connectivity index (χ3n) is 2.10. The van der Waals surface area contributed by atoms with Crippen LogP contribution in [-0.4, -0.2) is 17.6 Å². The van der Waals surface area contributed by atoms with Crippen LogP contribution in [0.15, 0.2) is 36.0 Å². The molecule has 0 spiro atoms. The fourth-order valence-corrected chi connectivity index (χ4v) is 2.06. The largest absolute Gasteiger partial charge is 0.468 e. The normalized spacial score (nSPS) is 10.2. The molecule has 4 heteroatoms. The minimum absolute atomic E-state index is 0.233. The lowest BCUT2D eigenvalue weighted by Crippen LogP contribution is -2.09. The van der Waals surface area contributed by atoms with Crippen LogP contribution in [0.3, 0.4) is 0 Å². The topological polar surface area (TPSA) is 31.2 Å². The Kier molecular flexibility index (Phi) is 2.87. The van der Waals surface area contributed by atoms with Crippen LogP contribution in [0.2, 0.25) is 0 Å². The van der Waals surface area contributed by atoms with E-state index < -0.39 is 0 Å². The second kappa shape index (κ2) is 4.31. The number of rotatable bonds is 3. The molecule has 0 saturated carbocycles. The minimum atomic E-state index is -0.233. The van der Waals surface area contributed by atoms with Gasteiger partial charge in [-0.25, -0.2) is 0 Å². The third kappa shape index (κ3) is 2.27. The van der Waals surface area contributed by atoms with Crippen LogP contribution in [0.25, 0.3) is 10.4 Å². The van der Waals surface area contributed by atoms with E-state index in [1.165, 1.54) is 12.0 Å². The van der Waals surface area contributed by atoms with Crippen molar-refractivity contribution in [2.75, 3.05) is 7.11 Å². The number of carbonyl (C=O) groups excluding carboxylic acids is 1. The van der Waals surface area contributed by atoms with Gasteiger partial charge in [0.2, 0.25) is 0 Å². The third-order valence-corrected chi connectivity index (χ3v) is 3.01. The molecule has 0 N–H and O–H groups in total. The molecule has 2 heterocycles. The van der Waals surface area contributed by atoms with E-state index >= 15 is 0 Å². The average Bonchev–Trinajstić information content (AvgIpc) is 2.85. The predicted octanol–water partition coefficient (Wildman–Crippen LogP) is 2.39. The fourth-order valence-electron chi connectivity index (χ4n) is 1.34. The number of esters is 1. The lowest BCUT2D eigenvalue weighted by molar-refractivity contribution is -0.141. The van der Waals surface area contributed by atoms with Crippen molar-refractivity contribution >= 4 is 17.3 Å². The average molecular weight is 221 g/mol. The molecule has 0 aliphatic carbocycles. The number of nitrogens with zero attached hydrogens (tertiary/aromatic N) is 1. The van der Waals surface area contributed by atoms with E-state index in [1.807, 2.05) is 34.5 Å². The Labute approximate surface area is 91.9 Å². The van der Waals surface area contributed by atoms with E-state index in [0.717, 1.165) is 5.56 Å². The molecule has 3 nitrogen and oxygen atoms in total. The first-order valence-corrected chi connectivity index (χ1v) is 5.44. The Balaban J connectivity index is 2.14. The molecule has 15 heavy (non-hydrogen) atoms. The SMILES string of the molecule is COC(=O)Cn1ccc(-c2cccs2)c1. The van der Waals surface area contributed by atoms with Crippen LogP contribution in [0.5, 0.6) is 0 Å². The van der Waals surface area contributed by atoms with Crippen molar-refractivity contribution in [2.24, 2.45) is 0 Å². The van der Waals surface area contributed by atoms with Gasteiger partial charge in [-0.3, -0.25) is 4.79 Å². The molecular formula is C11H11NO2S. The highest BCUT2D eigenvalue weighted by Gasteiger charge is 2.04. The zero-order valence-electron chi connectivity index (χ0n) is 8.34. The molecular weight excluding hydrogens is 210 g/mol. The van der Waals surface area contributed by atoms with Gasteiger partial charge in [0, 0.05) is 22.8 Å². The van der Waals surface area contributed by atoms with Gasteiger partial charge >= 0.3 is 5.97 Å². The van der Waals surface area contributed by atoms with E-state index in [9.17, 15) is 4.79 Å². The summed E-state index contributed by atoms with van der Waals surface area (Å²) >= 11 is 1.68. The zero-order chi connectivity index (χ0) is 10.7. The van der Waals surface area contributed by atoms with Gasteiger partial charge in [-0.1, -0.05) is 6.07 Å². The van der Waals surface area contributed by atoms with Crippen LogP contribution in [0, 0.1) is 0 Å². The lowest BCUT2D eigenvalue weighted by Gasteiger charge is -1.99. The second-order valence-electron chi connectivity index (χ2n) is 3.13. The highest BCUT2D eigenvalue weighted by Crippen LogP contribution is 2.24. The number of thiophene rings is 1. The van der Waals surface area contributed by atoms with Gasteiger partial charge in [-0.15, -0.1) is 11.3 Å². The molecule has 2 aromatic heterocycles. The Morgan fingerprint density at radius 1 is 1.53 bits per heavy atom. The summed E-state index contributed by atoms with van der Waals surface area (Å²) in [5.41, 5.74) is 1.13. The first-order chi connectivity index (χ1) is 7.29. The van der Waals surface area contributed by atoms with E-state index in [-0.39, 0.29) is 12.5 Å². The summed E-state index contributed by atoms with van der Waals surface area (Å²) in [6.07, 6.45) is 3.83. The molecule has 2 rings (SSSR count). The van der Waals surface area contributed by atoms with Crippen LogP contribution in [-0.2, 0) is 16.1 Å². The lowest BCUT2D eigenvalue weighted by atomic mass is 10.3. The molecule has 78 valence electrons. The predicted molar refractivity (Wildman–Crippen MR) is 59.8 cm³/mol. The van der Waals surface area contributed by atoms with E-state index in [2.05, 4.69) is 10.8 Å². The Hall–Kier alpha value is -1.55. The van der Waals surface area contributed by atoms with Gasteiger partial charge in [0.05, 0.1) is 7.11 Å². The summed E-state index contributed by atoms with van der Waals surface area (Å²) in [4.78, 5) is 12.2. The zero-order valence-corrected chi connectivity index (χ0v) is 9.16. The van der Waals surface area contributed by atoms with E-state index in [1.54, 1.807) is 11.3 Å². The fraction of sp³-hybridized carbons (Fsp3) is 0.182. The maximum atomic E-state index is 11.0. The molecule has 0 atom stereocenters. The van der Waals surface area contributed by atoms with E-state index in [4.69, 9.17) is 0 Å². The van der Waals surface area contributed by atoms with Gasteiger partial charge in [0.25, 0.3) is 0 Å². The summed E-state index contributed by atoms with van der Waals surface area (Å²) in [5.74, 6) is -0.233. The molecule has 0 saturated heterocycles. The Morgan fingerprint density at radius 2 is 2.40 bits per heavy atom. The molecule has 0 radical (unpaired) electrons. The molecule has 0 unspecified atom stereocenters. The summed E-state index contributed by atoms with van der Waals surface area (Å²) < 4.78 is 6.42. The summed E-state index contributed by atoms with van der Waals surface area (Å²) in [7, 11) is 1.39. The number of hydrogen-bond donors (Lipinski definition) is 0. The first-order valence-electron chi connectivity index (χ1n) is 4.56. The maximum Gasteiger partial charge on any atom is 0.325 e. The van der Waals surface area contributed by atoms with Crippen molar-refractivity contribution < 1.29 is 9.53 Å². The van der Waals surface area contributed by atoms with Crippen molar-refractivity contribution in [2.45, 2.75) is 6.54 Å². The van der Waals surface area contributed by atoms with Crippen molar-refractivity contribution in [1.29, 1.82) is 0 Å². The van der Waals surface area contributed by atoms with Crippen LogP contribution < -0.4 is 0 Å². The second-order valence-corrected chi connectivity index (χ2v) is 4.07. The minimum Gasteiger partial charge on any atom is -0.468 e. The molecule has 0 aromatic carbocycles. The quantitative estimate of drug-likeness (QED) is 0.745. The highest BCUT2D eigenvalue weighted by atomic mass is 32.1. The molecule has 0 bridgehead atoms. The summed E-state index contributed by atoms with van der Waals surface area (Å²) in [6.45, 7) is 0.266. The van der Waals surface area contributed by atoms with Crippen LogP contribution in [0.1, 0.15) is 0 Å². The highest BCUT2D eigenvalue weighted by molar-refractivity contribution is 7.13. The number of aromatic nitrogens is 1. The van der Waals surface area contributed by atoms with Crippen molar-refractivity contribution in [3.8, 4) is 10.4 Å². The first kappa shape index (κ1) is 9.98. The van der Waals surface area contributed by atoms with Crippen molar-refractivity contribution in [3.05, 3.63) is 36.0 Å². The number of ether oxygens (including phenoxy) is 1. The monoisotopic (exact) mass is 221 g/mol. The van der Waals surface area contributed by atoms with Gasteiger partial charge in [-0.2, -0.15) is 0 Å². The van der Waals surface area contributed by atoms with E-state index in [0.29, 0.717) is 0 Å². The van der Waals surface area contributed by atoms with Crippen LogP contribution >= 0.6 is 11.3 Å². The number of carbonyl (C=O) groups is 1. The molecule has 2 aromatic rings. The maximum absolute atomic E-state index is 11.0. The standard InChI is InChI=1S/C11H11NO2S/c1-14-11(13)8-12-5-4-9(7-12)10-3-2-6-15-10/h2-7H,8H2,1H3. The van der Waals surface area contributed by atoms with Gasteiger partial charge in [-0.05, 0) is 17.5 Å². The molecule has 0 aliphatic rings. The van der Waals surface area contributed by atoms with Crippen molar-refractivity contribution in [3.63, 3.8) is 0 Å². The van der Waals surface area contributed by atoms with Gasteiger partial charge < -0.3 is 9.30 Å².